The number of hydrogen-bond donors (Lipinski definition) is 3. The molecular weight excluding hydrogens is 637 g/mol. The van der Waals surface area contributed by atoms with Gasteiger partial charge in [0.25, 0.3) is 0 Å². The van der Waals surface area contributed by atoms with Crippen molar-refractivity contribution in [3.8, 4) is 0 Å². The molecule has 0 aromatic rings. The van der Waals surface area contributed by atoms with Crippen LogP contribution in [0.3, 0.4) is 0 Å². The maximum Gasteiger partial charge on any atom is 0.472 e. The van der Waals surface area contributed by atoms with Gasteiger partial charge < -0.3 is 25.2 Å². The molecule has 0 aromatic carbocycles. The molecule has 11 nitrogen and oxygen atoms in total. The Hall–Kier alpha value is -2.30. The molecular formula is C36H64NO10P. The summed E-state index contributed by atoms with van der Waals surface area (Å²) in [5.74, 6) is -2.41. The fraction of sp³-hybridized carbons (Fsp3) is 0.750. The topological polar surface area (TPSA) is 172 Å². The summed E-state index contributed by atoms with van der Waals surface area (Å²) in [6, 6.07) is -1.52. The largest absolute Gasteiger partial charge is 0.480 e. The molecule has 12 heteroatoms. The van der Waals surface area contributed by atoms with E-state index in [9.17, 15) is 23.8 Å². The van der Waals surface area contributed by atoms with E-state index in [-0.39, 0.29) is 19.4 Å². The van der Waals surface area contributed by atoms with Crippen LogP contribution in [0, 0.1) is 0 Å². The van der Waals surface area contributed by atoms with Crippen LogP contribution in [-0.2, 0) is 37.5 Å². The van der Waals surface area contributed by atoms with E-state index in [0.29, 0.717) is 12.8 Å². The number of carbonyl (C=O) groups is 3. The first-order chi connectivity index (χ1) is 23.1. The number of carboxylic acids is 1. The highest BCUT2D eigenvalue weighted by Crippen LogP contribution is 2.43. The first kappa shape index (κ1) is 45.7. The zero-order valence-electron chi connectivity index (χ0n) is 29.6. The molecule has 0 amide bonds. The van der Waals surface area contributed by atoms with Crippen LogP contribution in [0.1, 0.15) is 142 Å². The van der Waals surface area contributed by atoms with E-state index in [2.05, 4.69) is 30.5 Å². The van der Waals surface area contributed by atoms with Gasteiger partial charge in [0.15, 0.2) is 6.10 Å². The van der Waals surface area contributed by atoms with E-state index in [1.807, 2.05) is 24.3 Å². The molecule has 0 heterocycles. The normalized spacial score (nSPS) is 14.4. The standard InChI is InChI=1S/C36H64NO10P/c1-3-5-7-9-11-13-15-16-18-20-22-24-26-28-35(39)47-32(30-45-48(42,43)46-31-33(37)36(40)41)29-44-34(38)27-25-23-21-19-17-14-12-10-8-6-4-2/h5,7,9,11,13,15,32-33H,3-4,6,8,10,12,14,16-31,37H2,1-2H3,(H,40,41)(H,42,43)/b7-5+,11-9+,15-13+/t32?,33-/m0/s1. The van der Waals surface area contributed by atoms with Gasteiger partial charge in [0, 0.05) is 12.8 Å². The Morgan fingerprint density at radius 2 is 1.17 bits per heavy atom. The van der Waals surface area contributed by atoms with Crippen molar-refractivity contribution in [1.29, 1.82) is 0 Å². The molecule has 3 atom stereocenters. The molecule has 0 radical (unpaired) electrons. The van der Waals surface area contributed by atoms with E-state index < -0.39 is 51.1 Å². The minimum atomic E-state index is -4.71. The Morgan fingerprint density at radius 3 is 1.73 bits per heavy atom. The lowest BCUT2D eigenvalue weighted by molar-refractivity contribution is -0.161. The van der Waals surface area contributed by atoms with Gasteiger partial charge in [0.05, 0.1) is 13.2 Å². The highest BCUT2D eigenvalue weighted by Gasteiger charge is 2.28. The van der Waals surface area contributed by atoms with Crippen LogP contribution < -0.4 is 5.73 Å². The lowest BCUT2D eigenvalue weighted by atomic mass is 10.1. The number of nitrogens with two attached hydrogens (primary N) is 1. The molecule has 0 saturated carbocycles. The van der Waals surface area contributed by atoms with Gasteiger partial charge in [0.1, 0.15) is 12.6 Å². The number of allylic oxidation sites excluding steroid dienone is 6. The second-order valence-electron chi connectivity index (χ2n) is 12.0. The summed E-state index contributed by atoms with van der Waals surface area (Å²) in [6.07, 6.45) is 30.8. The molecule has 2 unspecified atom stereocenters. The smallest absolute Gasteiger partial charge is 0.472 e. The average molecular weight is 702 g/mol. The number of ether oxygens (including phenoxy) is 2. The number of carbonyl (C=O) groups excluding carboxylic acids is 2. The summed E-state index contributed by atoms with van der Waals surface area (Å²) in [4.78, 5) is 45.6. The van der Waals surface area contributed by atoms with Crippen LogP contribution in [-0.4, -0.2) is 59.9 Å². The molecule has 0 aliphatic rings. The van der Waals surface area contributed by atoms with E-state index in [1.54, 1.807) is 0 Å². The minimum Gasteiger partial charge on any atom is -0.480 e. The van der Waals surface area contributed by atoms with E-state index in [1.165, 1.54) is 44.9 Å². The van der Waals surface area contributed by atoms with Gasteiger partial charge in [-0.15, -0.1) is 0 Å². The van der Waals surface area contributed by atoms with Gasteiger partial charge in [-0.25, -0.2) is 4.57 Å². The number of unbranched alkanes of at least 4 members (excludes halogenated alkanes) is 15. The Morgan fingerprint density at radius 1 is 0.667 bits per heavy atom. The van der Waals surface area contributed by atoms with Crippen LogP contribution in [0.25, 0.3) is 0 Å². The van der Waals surface area contributed by atoms with Crippen molar-refractivity contribution < 1.29 is 47.5 Å². The van der Waals surface area contributed by atoms with Crippen molar-refractivity contribution >= 4 is 25.7 Å². The van der Waals surface area contributed by atoms with Gasteiger partial charge in [-0.05, 0) is 32.1 Å². The zero-order valence-corrected chi connectivity index (χ0v) is 30.5. The average Bonchev–Trinajstić information content (AvgIpc) is 3.05. The highest BCUT2D eigenvalue weighted by atomic mass is 31.2. The SMILES string of the molecule is CC/C=C/C=C/C=C/CCCCCCCC(=O)OC(COC(=O)CCCCCCCCCCCCC)COP(=O)(O)OC[C@H](N)C(=O)O. The van der Waals surface area contributed by atoms with Crippen molar-refractivity contribution in [2.75, 3.05) is 19.8 Å². The third kappa shape index (κ3) is 31.0. The lowest BCUT2D eigenvalue weighted by Gasteiger charge is -2.20. The summed E-state index contributed by atoms with van der Waals surface area (Å²) >= 11 is 0. The number of phosphoric ester groups is 1. The quantitative estimate of drug-likeness (QED) is 0.0259. The molecule has 0 aromatic heterocycles. The Labute approximate surface area is 289 Å². The molecule has 0 rings (SSSR count). The van der Waals surface area contributed by atoms with Crippen LogP contribution in [0.4, 0.5) is 0 Å². The van der Waals surface area contributed by atoms with Crippen LogP contribution in [0.15, 0.2) is 36.5 Å². The summed E-state index contributed by atoms with van der Waals surface area (Å²) in [5, 5.41) is 8.84. The van der Waals surface area contributed by atoms with Gasteiger partial charge in [-0.3, -0.25) is 23.4 Å². The summed E-state index contributed by atoms with van der Waals surface area (Å²) in [7, 11) is -4.71. The van der Waals surface area contributed by atoms with Crippen molar-refractivity contribution in [3.63, 3.8) is 0 Å². The zero-order chi connectivity index (χ0) is 35.7. The highest BCUT2D eigenvalue weighted by molar-refractivity contribution is 7.47. The van der Waals surface area contributed by atoms with Crippen LogP contribution in [0.5, 0.6) is 0 Å². The van der Waals surface area contributed by atoms with Crippen molar-refractivity contribution in [3.05, 3.63) is 36.5 Å². The van der Waals surface area contributed by atoms with E-state index >= 15 is 0 Å². The number of esters is 2. The maximum atomic E-state index is 12.5. The molecule has 4 N–H and O–H groups in total. The first-order valence-electron chi connectivity index (χ1n) is 18.0. The molecule has 0 bridgehead atoms. The summed E-state index contributed by atoms with van der Waals surface area (Å²) < 4.78 is 32.5. The number of rotatable bonds is 33. The summed E-state index contributed by atoms with van der Waals surface area (Å²) in [5.41, 5.74) is 5.30. The second-order valence-corrected chi connectivity index (χ2v) is 13.5. The van der Waals surface area contributed by atoms with E-state index in [4.69, 9.17) is 24.8 Å². The van der Waals surface area contributed by atoms with E-state index in [0.717, 1.165) is 57.8 Å². The van der Waals surface area contributed by atoms with Gasteiger partial charge in [-0.1, -0.05) is 134 Å². The van der Waals surface area contributed by atoms with Gasteiger partial charge in [0.2, 0.25) is 0 Å². The predicted octanol–water partition coefficient (Wildman–Crippen LogP) is 8.50. The third-order valence-electron chi connectivity index (χ3n) is 7.46. The second kappa shape index (κ2) is 31.9. The minimum absolute atomic E-state index is 0.139. The maximum absolute atomic E-state index is 12.5. The molecule has 0 fully saturated rings. The molecule has 0 spiro atoms. The first-order valence-corrected chi connectivity index (χ1v) is 19.5. The van der Waals surface area contributed by atoms with Gasteiger partial charge >= 0.3 is 25.7 Å². The summed E-state index contributed by atoms with van der Waals surface area (Å²) in [6.45, 7) is 2.61. The van der Waals surface area contributed by atoms with Crippen molar-refractivity contribution in [2.45, 2.75) is 154 Å². The fourth-order valence-corrected chi connectivity index (χ4v) is 5.37. The number of carboxylic acid groups (broad SMARTS) is 1. The fourth-order valence-electron chi connectivity index (χ4n) is 4.59. The predicted molar refractivity (Wildman–Crippen MR) is 189 cm³/mol. The van der Waals surface area contributed by atoms with Crippen LogP contribution >= 0.6 is 7.82 Å². The monoisotopic (exact) mass is 701 g/mol. The molecule has 278 valence electrons. The number of phosphoric acid groups is 1. The third-order valence-corrected chi connectivity index (χ3v) is 8.41. The molecule has 48 heavy (non-hydrogen) atoms. The van der Waals surface area contributed by atoms with Gasteiger partial charge in [-0.2, -0.15) is 0 Å². The Kier molecular flexibility index (Phi) is 30.4. The molecule has 0 aliphatic heterocycles. The molecule has 0 aliphatic carbocycles. The van der Waals surface area contributed by atoms with Crippen molar-refractivity contribution in [1.82, 2.24) is 0 Å². The lowest BCUT2D eigenvalue weighted by Crippen LogP contribution is -2.34. The molecule has 0 saturated heterocycles. The Bertz CT molecular complexity index is 968. The number of hydrogen-bond acceptors (Lipinski definition) is 9. The Balaban J connectivity index is 4.51. The van der Waals surface area contributed by atoms with Crippen molar-refractivity contribution in [2.24, 2.45) is 5.73 Å². The number of aliphatic carboxylic acids is 1. The van der Waals surface area contributed by atoms with Crippen LogP contribution in [0.2, 0.25) is 0 Å².